The van der Waals surface area contributed by atoms with Crippen LogP contribution in [0.25, 0.3) is 0 Å². The minimum Gasteiger partial charge on any atom is -0.463 e. The number of esters is 1. The van der Waals surface area contributed by atoms with E-state index in [4.69, 9.17) is 4.74 Å². The number of hydrogen-bond acceptors (Lipinski definition) is 4. The summed E-state index contributed by atoms with van der Waals surface area (Å²) in [5.74, 6) is 1.70. The van der Waals surface area contributed by atoms with E-state index in [0.717, 1.165) is 38.5 Å². The second-order valence-electron chi connectivity index (χ2n) is 10.2. The quantitative estimate of drug-likeness (QED) is 0.741. The van der Waals surface area contributed by atoms with Gasteiger partial charge in [0.25, 0.3) is 0 Å². The number of ketones is 1. The van der Waals surface area contributed by atoms with Crippen LogP contribution in [0, 0.1) is 34.5 Å². The molecule has 0 saturated heterocycles. The summed E-state index contributed by atoms with van der Waals surface area (Å²) in [5.41, 5.74) is 1.28. The number of hydrogen-bond donors (Lipinski definition) is 1. The molecule has 0 amide bonds. The Morgan fingerprint density at radius 1 is 1.26 bits per heavy atom. The molecule has 8 atom stereocenters. The van der Waals surface area contributed by atoms with Crippen molar-refractivity contribution in [3.05, 3.63) is 11.6 Å². The van der Waals surface area contributed by atoms with Gasteiger partial charge >= 0.3 is 5.97 Å². The van der Waals surface area contributed by atoms with Gasteiger partial charge in [-0.25, -0.2) is 0 Å². The van der Waals surface area contributed by atoms with E-state index in [9.17, 15) is 14.7 Å². The highest BCUT2D eigenvalue weighted by molar-refractivity contribution is 5.91. The van der Waals surface area contributed by atoms with Gasteiger partial charge in [-0.05, 0) is 80.1 Å². The normalized spacial score (nSPS) is 47.4. The van der Waals surface area contributed by atoms with Crippen molar-refractivity contribution in [2.24, 2.45) is 34.5 Å². The zero-order valence-electron chi connectivity index (χ0n) is 17.2. The summed E-state index contributed by atoms with van der Waals surface area (Å²) in [7, 11) is 0. The number of aliphatic hydroxyl groups excluding tert-OH is 1. The molecule has 0 heterocycles. The molecule has 4 aliphatic rings. The van der Waals surface area contributed by atoms with Gasteiger partial charge in [0.2, 0.25) is 0 Å². The van der Waals surface area contributed by atoms with Crippen LogP contribution >= 0.6 is 0 Å². The average molecular weight is 375 g/mol. The Hall–Kier alpha value is -1.16. The van der Waals surface area contributed by atoms with E-state index >= 15 is 0 Å². The molecule has 0 aromatic carbocycles. The topological polar surface area (TPSA) is 63.6 Å². The number of ether oxygens (including phenoxy) is 1. The number of carbonyl (C=O) groups is 2. The van der Waals surface area contributed by atoms with Crippen LogP contribution in [0.3, 0.4) is 0 Å². The molecule has 4 aliphatic carbocycles. The van der Waals surface area contributed by atoms with Crippen LogP contribution < -0.4 is 0 Å². The van der Waals surface area contributed by atoms with E-state index in [0.29, 0.717) is 24.2 Å². The molecule has 0 bridgehead atoms. The highest BCUT2D eigenvalue weighted by Crippen LogP contribution is 2.67. The third-order valence-corrected chi connectivity index (χ3v) is 8.89. The van der Waals surface area contributed by atoms with E-state index in [2.05, 4.69) is 13.8 Å². The molecule has 0 radical (unpaired) electrons. The first-order valence-corrected chi connectivity index (χ1v) is 10.8. The number of fused-ring (bicyclic) bond motifs is 5. The van der Waals surface area contributed by atoms with Gasteiger partial charge in [0.1, 0.15) is 6.10 Å². The van der Waals surface area contributed by atoms with Gasteiger partial charge in [-0.1, -0.05) is 19.4 Å². The smallest absolute Gasteiger partial charge is 0.302 e. The standard InChI is InChI=1S/C23H34O4/c1-13(27-14(2)24)18-7-8-19-17-6-5-15-11-16(25)9-10-22(15,3)21(17)20(26)12-23(18,19)4/h11,13,17-21,26H,5-10,12H2,1-4H3/t13-,17-,18+,19-,20+,21+,22+,23-/m1/s1. The van der Waals surface area contributed by atoms with Crippen LogP contribution in [0.1, 0.15) is 72.6 Å². The Balaban J connectivity index is 1.64. The molecule has 3 saturated carbocycles. The zero-order valence-corrected chi connectivity index (χ0v) is 17.2. The van der Waals surface area contributed by atoms with E-state index in [1.165, 1.54) is 12.5 Å². The lowest BCUT2D eigenvalue weighted by atomic mass is 9.46. The predicted octanol–water partition coefficient (Wildman–Crippen LogP) is 4.06. The van der Waals surface area contributed by atoms with Crippen molar-refractivity contribution in [2.75, 3.05) is 0 Å². The Morgan fingerprint density at radius 2 is 2.00 bits per heavy atom. The second-order valence-corrected chi connectivity index (χ2v) is 10.2. The Kier molecular flexibility index (Phi) is 4.57. The van der Waals surface area contributed by atoms with Crippen molar-refractivity contribution in [1.29, 1.82) is 0 Å². The summed E-state index contributed by atoms with van der Waals surface area (Å²) in [6.07, 6.45) is 8.03. The fourth-order valence-corrected chi connectivity index (χ4v) is 7.84. The van der Waals surface area contributed by atoms with Crippen molar-refractivity contribution in [3.63, 3.8) is 0 Å². The van der Waals surface area contributed by atoms with Gasteiger partial charge in [-0.2, -0.15) is 0 Å². The maximum absolute atomic E-state index is 12.0. The summed E-state index contributed by atoms with van der Waals surface area (Å²) in [6.45, 7) is 8.12. The molecular formula is C23H34O4. The molecule has 0 aromatic rings. The van der Waals surface area contributed by atoms with Gasteiger partial charge in [-0.15, -0.1) is 0 Å². The molecule has 4 heteroatoms. The second kappa shape index (κ2) is 6.43. The average Bonchev–Trinajstić information content (AvgIpc) is 2.91. The Morgan fingerprint density at radius 3 is 2.70 bits per heavy atom. The predicted molar refractivity (Wildman–Crippen MR) is 103 cm³/mol. The first kappa shape index (κ1) is 19.2. The van der Waals surface area contributed by atoms with E-state index in [1.807, 2.05) is 13.0 Å². The fourth-order valence-electron chi connectivity index (χ4n) is 7.84. The first-order chi connectivity index (χ1) is 12.7. The lowest BCUT2D eigenvalue weighted by Crippen LogP contribution is -2.57. The van der Waals surface area contributed by atoms with E-state index < -0.39 is 0 Å². The highest BCUT2D eigenvalue weighted by atomic mass is 16.5. The molecule has 0 aromatic heterocycles. The Bertz CT molecular complexity index is 682. The van der Waals surface area contributed by atoms with Crippen LogP contribution in [-0.2, 0) is 14.3 Å². The number of rotatable bonds is 2. The van der Waals surface area contributed by atoms with Crippen molar-refractivity contribution >= 4 is 11.8 Å². The Labute approximate surface area is 162 Å². The summed E-state index contributed by atoms with van der Waals surface area (Å²) >= 11 is 0. The van der Waals surface area contributed by atoms with Crippen LogP contribution in [0.5, 0.6) is 0 Å². The first-order valence-electron chi connectivity index (χ1n) is 10.8. The van der Waals surface area contributed by atoms with Crippen molar-refractivity contribution in [2.45, 2.75) is 84.8 Å². The van der Waals surface area contributed by atoms with Crippen LogP contribution in [0.2, 0.25) is 0 Å². The molecule has 3 fully saturated rings. The summed E-state index contributed by atoms with van der Waals surface area (Å²) in [6, 6.07) is 0. The molecule has 0 unspecified atom stereocenters. The molecule has 4 rings (SSSR count). The zero-order chi connectivity index (χ0) is 19.6. The van der Waals surface area contributed by atoms with Gasteiger partial charge in [0.05, 0.1) is 6.10 Å². The maximum atomic E-state index is 12.0. The van der Waals surface area contributed by atoms with Gasteiger partial charge in [0.15, 0.2) is 5.78 Å². The van der Waals surface area contributed by atoms with E-state index in [1.54, 1.807) is 0 Å². The van der Waals surface area contributed by atoms with Gasteiger partial charge in [0, 0.05) is 19.3 Å². The number of aliphatic hydroxyl groups is 1. The third kappa shape index (κ3) is 2.82. The molecule has 0 aliphatic heterocycles. The number of allylic oxidation sites excluding steroid dienone is 1. The SMILES string of the molecule is CC(=O)O[C@H](C)[C@@H]1CC[C@@H]2[C@H]3CCC4=CC(=O)CC[C@]4(C)[C@@H]3[C@@H](O)C[C@@]21C. The van der Waals surface area contributed by atoms with Crippen LogP contribution in [-0.4, -0.2) is 29.1 Å². The van der Waals surface area contributed by atoms with Crippen molar-refractivity contribution < 1.29 is 19.4 Å². The fraction of sp³-hybridized carbons (Fsp3) is 0.826. The van der Waals surface area contributed by atoms with Gasteiger partial charge < -0.3 is 9.84 Å². The monoisotopic (exact) mass is 374 g/mol. The number of carbonyl (C=O) groups excluding carboxylic acids is 2. The molecule has 0 spiro atoms. The minimum absolute atomic E-state index is 0.0253. The summed E-state index contributed by atoms with van der Waals surface area (Å²) in [5, 5.41) is 11.3. The highest BCUT2D eigenvalue weighted by Gasteiger charge is 2.62. The summed E-state index contributed by atoms with van der Waals surface area (Å²) < 4.78 is 5.57. The lowest BCUT2D eigenvalue weighted by Gasteiger charge is -2.60. The molecule has 4 nitrogen and oxygen atoms in total. The van der Waals surface area contributed by atoms with Crippen LogP contribution in [0.4, 0.5) is 0 Å². The molecule has 150 valence electrons. The minimum atomic E-state index is -0.344. The van der Waals surface area contributed by atoms with Crippen molar-refractivity contribution in [1.82, 2.24) is 0 Å². The lowest BCUT2D eigenvalue weighted by molar-refractivity contribution is -0.159. The van der Waals surface area contributed by atoms with E-state index in [-0.39, 0.29) is 40.7 Å². The maximum Gasteiger partial charge on any atom is 0.302 e. The van der Waals surface area contributed by atoms with Crippen molar-refractivity contribution in [3.8, 4) is 0 Å². The summed E-state index contributed by atoms with van der Waals surface area (Å²) in [4.78, 5) is 23.4. The van der Waals surface area contributed by atoms with Gasteiger partial charge in [-0.3, -0.25) is 9.59 Å². The largest absolute Gasteiger partial charge is 0.463 e. The molecule has 27 heavy (non-hydrogen) atoms. The third-order valence-electron chi connectivity index (χ3n) is 8.89. The molecule has 1 N–H and O–H groups in total. The molecular weight excluding hydrogens is 340 g/mol. The van der Waals surface area contributed by atoms with Crippen LogP contribution in [0.15, 0.2) is 11.6 Å².